The van der Waals surface area contributed by atoms with Gasteiger partial charge in [-0.15, -0.1) is 0 Å². The SMILES string of the molecule is CC1CN(CC(=O)NCCOCCOCCOO)CCN1C(=O)CNc1ccc2c(c1)C(=O)N(C1CCC(=O)NC1=O)C2. The molecule has 1 aromatic carbocycles. The van der Waals surface area contributed by atoms with Crippen molar-refractivity contribution < 1.29 is 43.6 Å². The summed E-state index contributed by atoms with van der Waals surface area (Å²) in [6.07, 6.45) is 0.499. The number of piperazine rings is 1. The van der Waals surface area contributed by atoms with Crippen molar-refractivity contribution in [2.45, 2.75) is 38.4 Å². The molecule has 3 aliphatic rings. The predicted octanol–water partition coefficient (Wildman–Crippen LogP) is -0.969. The fourth-order valence-electron chi connectivity index (χ4n) is 5.43. The van der Waals surface area contributed by atoms with Crippen molar-refractivity contribution in [1.82, 2.24) is 25.3 Å². The molecule has 1 aromatic rings. The van der Waals surface area contributed by atoms with Crippen LogP contribution in [0.1, 0.15) is 35.7 Å². The number of nitrogens with one attached hydrogen (secondary N) is 3. The van der Waals surface area contributed by atoms with Crippen LogP contribution in [0.4, 0.5) is 5.69 Å². The first kappa shape index (κ1) is 32.3. The van der Waals surface area contributed by atoms with Gasteiger partial charge in [0.25, 0.3) is 5.91 Å². The quantitative estimate of drug-likeness (QED) is 0.0838. The Hall–Kier alpha value is -3.63. The molecule has 2 saturated heterocycles. The van der Waals surface area contributed by atoms with Gasteiger partial charge in [0.2, 0.25) is 23.6 Å². The number of fused-ring (bicyclic) bond motifs is 1. The maximum Gasteiger partial charge on any atom is 0.255 e. The molecule has 3 heterocycles. The molecule has 15 nitrogen and oxygen atoms in total. The van der Waals surface area contributed by atoms with Gasteiger partial charge in [0.1, 0.15) is 12.6 Å². The first-order valence-corrected chi connectivity index (χ1v) is 14.5. The molecule has 3 aliphatic heterocycles. The molecule has 43 heavy (non-hydrogen) atoms. The zero-order chi connectivity index (χ0) is 30.8. The van der Waals surface area contributed by atoms with Crippen molar-refractivity contribution in [1.29, 1.82) is 0 Å². The minimum Gasteiger partial charge on any atom is -0.377 e. The Labute approximate surface area is 249 Å². The average molecular weight is 605 g/mol. The maximum atomic E-state index is 13.1. The summed E-state index contributed by atoms with van der Waals surface area (Å²) in [6, 6.07) is 4.56. The molecule has 2 atom stereocenters. The van der Waals surface area contributed by atoms with E-state index in [1.54, 1.807) is 17.0 Å². The number of carbonyl (C=O) groups is 5. The monoisotopic (exact) mass is 604 g/mol. The van der Waals surface area contributed by atoms with Gasteiger partial charge in [-0.1, -0.05) is 6.07 Å². The van der Waals surface area contributed by atoms with E-state index in [2.05, 4.69) is 20.8 Å². The third-order valence-corrected chi connectivity index (χ3v) is 7.63. The number of amides is 5. The summed E-state index contributed by atoms with van der Waals surface area (Å²) in [5.41, 5.74) is 1.90. The molecule has 4 N–H and O–H groups in total. The molecule has 15 heteroatoms. The Morgan fingerprint density at radius 3 is 2.58 bits per heavy atom. The lowest BCUT2D eigenvalue weighted by atomic mass is 10.0. The van der Waals surface area contributed by atoms with Crippen LogP contribution < -0.4 is 16.0 Å². The van der Waals surface area contributed by atoms with E-state index in [4.69, 9.17) is 14.7 Å². The van der Waals surface area contributed by atoms with Crippen molar-refractivity contribution in [3.8, 4) is 0 Å². The second kappa shape index (κ2) is 15.7. The molecule has 0 aromatic heterocycles. The summed E-state index contributed by atoms with van der Waals surface area (Å²) in [5.74, 6) is -1.25. The molecular formula is C28H40N6O9. The fraction of sp³-hybridized carbons (Fsp3) is 0.607. The van der Waals surface area contributed by atoms with Crippen LogP contribution in [0.3, 0.4) is 0 Å². The van der Waals surface area contributed by atoms with Crippen LogP contribution in [-0.2, 0) is 40.1 Å². The Kier molecular flexibility index (Phi) is 11.8. The highest BCUT2D eigenvalue weighted by Crippen LogP contribution is 2.29. The standard InChI is InChI=1S/C28H40N6O9/c1-19-16-32(18-25(36)29-6-9-41-10-11-42-12-13-43-40)7-8-33(19)26(37)15-30-21-3-2-20-17-34(28(39)22(20)14-21)23-4-5-24(35)31-27(23)38/h2-3,14,19,23,30,40H,4-13,15-18H2,1H3,(H,29,36)(H,31,35,38). The average Bonchev–Trinajstić information content (AvgIpc) is 3.30. The number of ether oxygens (including phenoxy) is 2. The summed E-state index contributed by atoms with van der Waals surface area (Å²) in [5, 5.41) is 16.4. The minimum absolute atomic E-state index is 0.0505. The molecule has 0 radical (unpaired) electrons. The number of nitrogens with zero attached hydrogens (tertiary/aromatic N) is 3. The second-order valence-electron chi connectivity index (χ2n) is 10.7. The summed E-state index contributed by atoms with van der Waals surface area (Å²) >= 11 is 0. The van der Waals surface area contributed by atoms with Crippen molar-refractivity contribution >= 4 is 35.2 Å². The lowest BCUT2D eigenvalue weighted by Gasteiger charge is -2.39. The fourth-order valence-corrected chi connectivity index (χ4v) is 5.43. The summed E-state index contributed by atoms with van der Waals surface area (Å²) < 4.78 is 10.5. The van der Waals surface area contributed by atoms with Crippen molar-refractivity contribution in [3.63, 3.8) is 0 Å². The number of carbonyl (C=O) groups excluding carboxylic acids is 5. The molecule has 2 unspecified atom stereocenters. The van der Waals surface area contributed by atoms with Gasteiger partial charge in [0.05, 0.1) is 39.5 Å². The summed E-state index contributed by atoms with van der Waals surface area (Å²) in [7, 11) is 0. The van der Waals surface area contributed by atoms with Crippen molar-refractivity contribution in [2.75, 3.05) is 77.6 Å². The van der Waals surface area contributed by atoms with Gasteiger partial charge in [-0.3, -0.25) is 39.4 Å². The second-order valence-corrected chi connectivity index (χ2v) is 10.7. The van der Waals surface area contributed by atoms with Crippen LogP contribution in [0.15, 0.2) is 18.2 Å². The Bertz CT molecular complexity index is 1180. The topological polar surface area (TPSA) is 179 Å². The molecule has 0 bridgehead atoms. The lowest BCUT2D eigenvalue weighted by molar-refractivity contribution is -0.249. The van der Waals surface area contributed by atoms with E-state index in [-0.39, 0.29) is 62.4 Å². The van der Waals surface area contributed by atoms with Gasteiger partial charge in [0, 0.05) is 56.4 Å². The van der Waals surface area contributed by atoms with Crippen LogP contribution in [0, 0.1) is 0 Å². The maximum absolute atomic E-state index is 13.1. The minimum atomic E-state index is -0.675. The Morgan fingerprint density at radius 1 is 1.07 bits per heavy atom. The van der Waals surface area contributed by atoms with E-state index in [0.717, 1.165) is 5.56 Å². The van der Waals surface area contributed by atoms with Gasteiger partial charge >= 0.3 is 0 Å². The smallest absolute Gasteiger partial charge is 0.255 e. The molecule has 5 amide bonds. The molecule has 0 spiro atoms. The van der Waals surface area contributed by atoms with Gasteiger partial charge in [-0.2, -0.15) is 0 Å². The normalized spacial score (nSPS) is 20.7. The highest BCUT2D eigenvalue weighted by molar-refractivity contribution is 6.05. The van der Waals surface area contributed by atoms with Gasteiger partial charge in [0.15, 0.2) is 0 Å². The first-order chi connectivity index (χ1) is 20.8. The van der Waals surface area contributed by atoms with Crippen LogP contribution in [0.2, 0.25) is 0 Å². The van der Waals surface area contributed by atoms with Gasteiger partial charge in [-0.25, -0.2) is 4.89 Å². The largest absolute Gasteiger partial charge is 0.377 e. The molecule has 236 valence electrons. The summed E-state index contributed by atoms with van der Waals surface area (Å²) in [6.45, 7) is 5.99. The number of anilines is 1. The number of rotatable bonds is 15. The van der Waals surface area contributed by atoms with E-state index in [1.165, 1.54) is 4.90 Å². The van der Waals surface area contributed by atoms with Crippen molar-refractivity contribution in [3.05, 3.63) is 29.3 Å². The van der Waals surface area contributed by atoms with Crippen LogP contribution in [0.5, 0.6) is 0 Å². The van der Waals surface area contributed by atoms with E-state index < -0.39 is 11.9 Å². The van der Waals surface area contributed by atoms with Crippen molar-refractivity contribution in [2.24, 2.45) is 0 Å². The third-order valence-electron chi connectivity index (χ3n) is 7.63. The predicted molar refractivity (Wildman–Crippen MR) is 152 cm³/mol. The molecular weight excluding hydrogens is 564 g/mol. The zero-order valence-electron chi connectivity index (χ0n) is 24.3. The zero-order valence-corrected chi connectivity index (χ0v) is 24.3. The van der Waals surface area contributed by atoms with Gasteiger partial charge < -0.3 is 29.9 Å². The van der Waals surface area contributed by atoms with E-state index >= 15 is 0 Å². The molecule has 0 aliphatic carbocycles. The Balaban J connectivity index is 1.15. The highest BCUT2D eigenvalue weighted by Gasteiger charge is 2.39. The Morgan fingerprint density at radius 2 is 1.84 bits per heavy atom. The van der Waals surface area contributed by atoms with Gasteiger partial charge in [-0.05, 0) is 31.0 Å². The number of piperidine rings is 1. The number of hydrogen-bond acceptors (Lipinski definition) is 11. The number of benzene rings is 1. The third kappa shape index (κ3) is 8.93. The highest BCUT2D eigenvalue weighted by atomic mass is 17.1. The molecule has 4 rings (SSSR count). The van der Waals surface area contributed by atoms with Crippen LogP contribution in [0.25, 0.3) is 0 Å². The first-order valence-electron chi connectivity index (χ1n) is 14.5. The molecule has 0 saturated carbocycles. The summed E-state index contributed by atoms with van der Waals surface area (Å²) in [4.78, 5) is 71.3. The van der Waals surface area contributed by atoms with E-state index in [0.29, 0.717) is 70.2 Å². The van der Waals surface area contributed by atoms with E-state index in [9.17, 15) is 24.0 Å². The number of imide groups is 1. The molecule has 2 fully saturated rings. The number of hydrogen-bond donors (Lipinski definition) is 4. The van der Waals surface area contributed by atoms with Crippen LogP contribution >= 0.6 is 0 Å². The van der Waals surface area contributed by atoms with E-state index in [1.807, 2.05) is 17.9 Å². The van der Waals surface area contributed by atoms with Crippen LogP contribution in [-0.4, -0.2) is 134 Å². The lowest BCUT2D eigenvalue weighted by Crippen LogP contribution is -2.56.